The number of amides is 1. The predicted molar refractivity (Wildman–Crippen MR) is 64.1 cm³/mol. The number of thiocarbonyl (C=S) groups is 1. The van der Waals surface area contributed by atoms with Gasteiger partial charge in [-0.2, -0.15) is 0 Å². The number of carbonyl (C=O) groups is 1. The summed E-state index contributed by atoms with van der Waals surface area (Å²) in [5.74, 6) is -0.489. The van der Waals surface area contributed by atoms with E-state index in [1.807, 2.05) is 0 Å². The van der Waals surface area contributed by atoms with Crippen LogP contribution in [0.4, 0.5) is 0 Å². The Kier molecular flexibility index (Phi) is 4.64. The molecule has 3 unspecified atom stereocenters. The second kappa shape index (κ2) is 5.56. The zero-order valence-electron chi connectivity index (χ0n) is 9.80. The summed E-state index contributed by atoms with van der Waals surface area (Å²) in [5.41, 5.74) is 5.46. The van der Waals surface area contributed by atoms with E-state index >= 15 is 0 Å². The van der Waals surface area contributed by atoms with E-state index in [9.17, 15) is 4.79 Å². The van der Waals surface area contributed by atoms with Gasteiger partial charge in [0.2, 0.25) is 5.91 Å². The minimum Gasteiger partial charge on any atom is -0.393 e. The molecule has 5 nitrogen and oxygen atoms in total. The van der Waals surface area contributed by atoms with Crippen LogP contribution in [-0.4, -0.2) is 55.3 Å². The minimum atomic E-state index is -0.428. The minimum absolute atomic E-state index is 0.0610. The molecule has 6 heteroatoms. The molecule has 1 aliphatic heterocycles. The number of ether oxygens (including phenoxy) is 2. The molecular formula is C10H18N2O3S. The second-order valence-corrected chi connectivity index (χ2v) is 4.39. The number of carbonyl (C=O) groups excluding carboxylic acids is 1. The van der Waals surface area contributed by atoms with Gasteiger partial charge in [0.1, 0.15) is 12.2 Å². The topological polar surface area (TPSA) is 64.8 Å². The largest absolute Gasteiger partial charge is 0.393 e. The Labute approximate surface area is 101 Å². The molecule has 0 radical (unpaired) electrons. The molecule has 0 aromatic carbocycles. The maximum absolute atomic E-state index is 12.0. The zero-order chi connectivity index (χ0) is 12.3. The fraction of sp³-hybridized carbons (Fsp3) is 0.800. The van der Waals surface area contributed by atoms with Crippen LogP contribution in [0, 0.1) is 5.92 Å². The van der Waals surface area contributed by atoms with Gasteiger partial charge in [0, 0.05) is 27.3 Å². The molecule has 0 bridgehead atoms. The first-order chi connectivity index (χ1) is 7.51. The van der Waals surface area contributed by atoms with Gasteiger partial charge in [0.25, 0.3) is 0 Å². The Morgan fingerprint density at radius 1 is 1.38 bits per heavy atom. The molecule has 1 fully saturated rings. The van der Waals surface area contributed by atoms with Crippen LogP contribution < -0.4 is 5.73 Å². The fourth-order valence-electron chi connectivity index (χ4n) is 1.77. The summed E-state index contributed by atoms with van der Waals surface area (Å²) in [4.78, 5) is 13.9. The van der Waals surface area contributed by atoms with Crippen molar-refractivity contribution in [1.82, 2.24) is 4.90 Å². The first-order valence-electron chi connectivity index (χ1n) is 5.15. The van der Waals surface area contributed by atoms with E-state index in [0.29, 0.717) is 13.1 Å². The lowest BCUT2D eigenvalue weighted by atomic mass is 10.1. The third kappa shape index (κ3) is 2.69. The highest BCUT2D eigenvalue weighted by molar-refractivity contribution is 7.80. The standard InChI is InChI=1S/C10H18N2O3S/c1-6(9(11)16)10(13)12-4-7(14-2)8(5-12)15-3/h6-8H,4-5H2,1-3H3,(H2,11,16). The molecule has 1 rings (SSSR count). The molecule has 3 atom stereocenters. The molecule has 0 aromatic heterocycles. The monoisotopic (exact) mass is 246 g/mol. The summed E-state index contributed by atoms with van der Waals surface area (Å²) < 4.78 is 10.5. The highest BCUT2D eigenvalue weighted by Crippen LogP contribution is 2.18. The van der Waals surface area contributed by atoms with Crippen molar-refractivity contribution in [3.63, 3.8) is 0 Å². The lowest BCUT2D eigenvalue weighted by Gasteiger charge is -2.19. The summed E-state index contributed by atoms with van der Waals surface area (Å²) >= 11 is 4.81. The molecule has 92 valence electrons. The van der Waals surface area contributed by atoms with Crippen molar-refractivity contribution >= 4 is 23.1 Å². The Morgan fingerprint density at radius 3 is 2.12 bits per heavy atom. The van der Waals surface area contributed by atoms with Crippen LogP contribution in [0.2, 0.25) is 0 Å². The Balaban J connectivity index is 2.64. The van der Waals surface area contributed by atoms with Gasteiger partial charge in [-0.25, -0.2) is 0 Å². The molecule has 0 aromatic rings. The summed E-state index contributed by atoms with van der Waals surface area (Å²) in [6.07, 6.45) is -0.153. The maximum atomic E-state index is 12.0. The average Bonchev–Trinajstić information content (AvgIpc) is 2.69. The van der Waals surface area contributed by atoms with Gasteiger partial charge in [0.05, 0.1) is 10.9 Å². The first kappa shape index (κ1) is 13.3. The summed E-state index contributed by atoms with van der Waals surface area (Å²) in [6.45, 7) is 2.77. The molecule has 1 heterocycles. The predicted octanol–water partition coefficient (Wildman–Crippen LogP) is -0.219. The zero-order valence-corrected chi connectivity index (χ0v) is 10.6. The van der Waals surface area contributed by atoms with Crippen molar-refractivity contribution < 1.29 is 14.3 Å². The number of nitrogens with two attached hydrogens (primary N) is 1. The third-order valence-electron chi connectivity index (χ3n) is 2.93. The van der Waals surface area contributed by atoms with Crippen LogP contribution in [0.15, 0.2) is 0 Å². The SMILES string of the molecule is COC1CN(C(=O)C(C)C(N)=S)CC1OC. The van der Waals surface area contributed by atoms with Gasteiger partial charge in [-0.3, -0.25) is 4.79 Å². The van der Waals surface area contributed by atoms with Crippen LogP contribution in [-0.2, 0) is 14.3 Å². The van der Waals surface area contributed by atoms with Crippen LogP contribution >= 0.6 is 12.2 Å². The number of hydrogen-bond acceptors (Lipinski definition) is 4. The van der Waals surface area contributed by atoms with Gasteiger partial charge < -0.3 is 20.1 Å². The van der Waals surface area contributed by atoms with Gasteiger partial charge in [-0.05, 0) is 6.92 Å². The van der Waals surface area contributed by atoms with Crippen molar-refractivity contribution in [1.29, 1.82) is 0 Å². The number of hydrogen-bond donors (Lipinski definition) is 1. The van der Waals surface area contributed by atoms with E-state index < -0.39 is 5.92 Å². The lowest BCUT2D eigenvalue weighted by Crippen LogP contribution is -2.39. The van der Waals surface area contributed by atoms with Gasteiger partial charge in [0.15, 0.2) is 0 Å². The average molecular weight is 246 g/mol. The van der Waals surface area contributed by atoms with E-state index in [0.717, 1.165) is 0 Å². The van der Waals surface area contributed by atoms with Crippen LogP contribution in [0.1, 0.15) is 6.92 Å². The highest BCUT2D eigenvalue weighted by atomic mass is 32.1. The normalized spacial score (nSPS) is 26.8. The van der Waals surface area contributed by atoms with Gasteiger partial charge in [-0.15, -0.1) is 0 Å². The number of rotatable bonds is 4. The Morgan fingerprint density at radius 2 is 1.81 bits per heavy atom. The highest BCUT2D eigenvalue weighted by Gasteiger charge is 2.37. The van der Waals surface area contributed by atoms with Crippen molar-refractivity contribution in [2.45, 2.75) is 19.1 Å². The molecule has 2 N–H and O–H groups in total. The van der Waals surface area contributed by atoms with Crippen LogP contribution in [0.5, 0.6) is 0 Å². The molecule has 16 heavy (non-hydrogen) atoms. The number of likely N-dealkylation sites (tertiary alicyclic amines) is 1. The number of nitrogens with zero attached hydrogens (tertiary/aromatic N) is 1. The molecule has 1 aliphatic rings. The second-order valence-electron chi connectivity index (χ2n) is 3.92. The Hall–Kier alpha value is -0.720. The van der Waals surface area contributed by atoms with Crippen molar-refractivity contribution in [2.75, 3.05) is 27.3 Å². The van der Waals surface area contributed by atoms with Crippen molar-refractivity contribution in [2.24, 2.45) is 11.7 Å². The summed E-state index contributed by atoms with van der Waals surface area (Å²) in [5, 5.41) is 0. The van der Waals surface area contributed by atoms with Crippen LogP contribution in [0.25, 0.3) is 0 Å². The van der Waals surface area contributed by atoms with Crippen LogP contribution in [0.3, 0.4) is 0 Å². The molecule has 1 saturated heterocycles. The quantitative estimate of drug-likeness (QED) is 0.695. The molecule has 0 spiro atoms. The smallest absolute Gasteiger partial charge is 0.232 e. The maximum Gasteiger partial charge on any atom is 0.232 e. The fourth-order valence-corrected chi connectivity index (χ4v) is 1.87. The lowest BCUT2D eigenvalue weighted by molar-refractivity contribution is -0.132. The van der Waals surface area contributed by atoms with Gasteiger partial charge >= 0.3 is 0 Å². The molecular weight excluding hydrogens is 228 g/mol. The van der Waals surface area contributed by atoms with Crippen molar-refractivity contribution in [3.8, 4) is 0 Å². The summed E-state index contributed by atoms with van der Waals surface area (Å²) in [6, 6.07) is 0. The Bertz CT molecular complexity index is 273. The van der Waals surface area contributed by atoms with E-state index in [1.54, 1.807) is 26.0 Å². The van der Waals surface area contributed by atoms with E-state index in [2.05, 4.69) is 0 Å². The number of methoxy groups -OCH3 is 2. The molecule has 0 saturated carbocycles. The van der Waals surface area contributed by atoms with Gasteiger partial charge in [-0.1, -0.05) is 12.2 Å². The van der Waals surface area contributed by atoms with Crippen molar-refractivity contribution in [3.05, 3.63) is 0 Å². The van der Waals surface area contributed by atoms with E-state index in [-0.39, 0.29) is 23.1 Å². The first-order valence-corrected chi connectivity index (χ1v) is 5.55. The molecule has 0 aliphatic carbocycles. The summed E-state index contributed by atoms with van der Waals surface area (Å²) in [7, 11) is 3.23. The third-order valence-corrected chi connectivity index (χ3v) is 3.28. The molecule has 1 amide bonds. The van der Waals surface area contributed by atoms with E-state index in [4.69, 9.17) is 27.4 Å². The van der Waals surface area contributed by atoms with E-state index in [1.165, 1.54) is 0 Å².